The number of aromatic amines is 1. The van der Waals surface area contributed by atoms with Crippen LogP contribution in [-0.2, 0) is 17.3 Å². The van der Waals surface area contributed by atoms with Gasteiger partial charge < -0.3 is 5.32 Å². The van der Waals surface area contributed by atoms with Gasteiger partial charge >= 0.3 is 0 Å². The molecule has 1 aromatic carbocycles. The molecule has 0 unspecified atom stereocenters. The minimum Gasteiger partial charge on any atom is -0.310 e. The fraction of sp³-hybridized carbons (Fsp3) is 0.400. The van der Waals surface area contributed by atoms with E-state index in [0.29, 0.717) is 6.04 Å². The first-order valence-electron chi connectivity index (χ1n) is 6.99. The monoisotopic (exact) mass is 289 g/mol. The van der Waals surface area contributed by atoms with Crippen LogP contribution in [0.5, 0.6) is 0 Å². The molecule has 1 fully saturated rings. The summed E-state index contributed by atoms with van der Waals surface area (Å²) in [6.07, 6.45) is 3.90. The Morgan fingerprint density at radius 2 is 2.00 bits per heavy atom. The van der Waals surface area contributed by atoms with Crippen LogP contribution in [0.25, 0.3) is 11.3 Å². The second-order valence-corrected chi connectivity index (χ2v) is 6.84. The van der Waals surface area contributed by atoms with Crippen LogP contribution in [0.15, 0.2) is 36.5 Å². The molecule has 3 rings (SSSR count). The fourth-order valence-corrected chi connectivity index (χ4v) is 3.85. The highest BCUT2D eigenvalue weighted by atomic mass is 32.2. The van der Waals surface area contributed by atoms with Gasteiger partial charge in [-0.2, -0.15) is 5.10 Å². The maximum Gasteiger partial charge on any atom is 0.0695 e. The second kappa shape index (κ2) is 6.33. The van der Waals surface area contributed by atoms with E-state index in [2.05, 4.69) is 27.6 Å². The van der Waals surface area contributed by atoms with E-state index >= 15 is 0 Å². The van der Waals surface area contributed by atoms with Crippen molar-refractivity contribution in [1.29, 1.82) is 0 Å². The fourth-order valence-electron chi connectivity index (χ4n) is 2.55. The van der Waals surface area contributed by atoms with Gasteiger partial charge in [-0.15, -0.1) is 0 Å². The Morgan fingerprint density at radius 3 is 2.75 bits per heavy atom. The zero-order chi connectivity index (χ0) is 13.8. The number of nitrogens with zero attached hydrogens (tertiary/aromatic N) is 1. The Bertz CT molecular complexity index is 572. The SMILES string of the molecule is O=S1CCC(NCc2cn[nH]c2-c2ccccc2)CC1. The van der Waals surface area contributed by atoms with Crippen molar-refractivity contribution < 1.29 is 4.21 Å². The van der Waals surface area contributed by atoms with Crippen molar-refractivity contribution in [1.82, 2.24) is 15.5 Å². The molecular weight excluding hydrogens is 270 g/mol. The molecule has 1 aliphatic rings. The van der Waals surface area contributed by atoms with Crippen LogP contribution >= 0.6 is 0 Å². The van der Waals surface area contributed by atoms with E-state index in [1.54, 1.807) is 0 Å². The zero-order valence-electron chi connectivity index (χ0n) is 11.3. The molecule has 2 N–H and O–H groups in total. The second-order valence-electron chi connectivity index (χ2n) is 5.14. The van der Waals surface area contributed by atoms with Crippen LogP contribution in [0.4, 0.5) is 0 Å². The predicted molar refractivity (Wildman–Crippen MR) is 81.8 cm³/mol. The van der Waals surface area contributed by atoms with Crippen LogP contribution in [0.3, 0.4) is 0 Å². The predicted octanol–water partition coefficient (Wildman–Crippen LogP) is 2.08. The van der Waals surface area contributed by atoms with Gasteiger partial charge in [-0.3, -0.25) is 9.31 Å². The topological polar surface area (TPSA) is 57.8 Å². The smallest absolute Gasteiger partial charge is 0.0695 e. The molecule has 106 valence electrons. The summed E-state index contributed by atoms with van der Waals surface area (Å²) in [7, 11) is -0.594. The molecule has 2 aromatic rings. The highest BCUT2D eigenvalue weighted by molar-refractivity contribution is 7.85. The van der Waals surface area contributed by atoms with Gasteiger partial charge in [-0.1, -0.05) is 30.3 Å². The van der Waals surface area contributed by atoms with Crippen LogP contribution in [0.2, 0.25) is 0 Å². The van der Waals surface area contributed by atoms with E-state index in [1.165, 1.54) is 5.56 Å². The quantitative estimate of drug-likeness (QED) is 0.906. The maximum absolute atomic E-state index is 11.3. The Morgan fingerprint density at radius 1 is 1.25 bits per heavy atom. The van der Waals surface area contributed by atoms with E-state index in [-0.39, 0.29) is 0 Å². The Kier molecular flexibility index (Phi) is 4.28. The average molecular weight is 289 g/mol. The standard InChI is InChI=1S/C15H19N3OS/c19-20-8-6-14(7-9-20)16-10-13-11-17-18-15(13)12-4-2-1-3-5-12/h1-5,11,14,16H,6-10H2,(H,17,18). The molecule has 0 amide bonds. The molecule has 0 atom stereocenters. The first-order chi connectivity index (χ1) is 9.83. The Hall–Kier alpha value is -1.46. The van der Waals surface area contributed by atoms with Crippen molar-refractivity contribution in [2.45, 2.75) is 25.4 Å². The van der Waals surface area contributed by atoms with Crippen LogP contribution in [0, 0.1) is 0 Å². The first-order valence-corrected chi connectivity index (χ1v) is 8.48. The molecule has 1 aromatic heterocycles. The van der Waals surface area contributed by atoms with Crippen LogP contribution in [-0.4, -0.2) is 32.0 Å². The van der Waals surface area contributed by atoms with Gasteiger partial charge in [-0.05, 0) is 18.4 Å². The number of aromatic nitrogens is 2. The number of benzene rings is 1. The molecule has 0 radical (unpaired) electrons. The van der Waals surface area contributed by atoms with Gasteiger partial charge in [0.2, 0.25) is 0 Å². The molecule has 4 nitrogen and oxygen atoms in total. The number of hydrogen-bond donors (Lipinski definition) is 2. The van der Waals surface area contributed by atoms with Crippen LogP contribution in [0.1, 0.15) is 18.4 Å². The van der Waals surface area contributed by atoms with E-state index in [9.17, 15) is 4.21 Å². The van der Waals surface area contributed by atoms with E-state index in [4.69, 9.17) is 0 Å². The summed E-state index contributed by atoms with van der Waals surface area (Å²) in [5.74, 6) is 1.66. The van der Waals surface area contributed by atoms with Gasteiger partial charge in [0.1, 0.15) is 0 Å². The summed E-state index contributed by atoms with van der Waals surface area (Å²) in [5.41, 5.74) is 3.42. The molecular formula is C15H19N3OS. The minimum absolute atomic E-state index is 0.478. The largest absolute Gasteiger partial charge is 0.310 e. The van der Waals surface area contributed by atoms with Gasteiger partial charge in [0.25, 0.3) is 0 Å². The zero-order valence-corrected chi connectivity index (χ0v) is 12.2. The summed E-state index contributed by atoms with van der Waals surface area (Å²) < 4.78 is 11.3. The summed E-state index contributed by atoms with van der Waals surface area (Å²) in [6, 6.07) is 10.7. The molecule has 5 heteroatoms. The van der Waals surface area contributed by atoms with Gasteiger partial charge in [0.15, 0.2) is 0 Å². The minimum atomic E-state index is -0.594. The first kappa shape index (κ1) is 13.5. The molecule has 1 aliphatic heterocycles. The average Bonchev–Trinajstić information content (AvgIpc) is 2.96. The van der Waals surface area contributed by atoms with Crippen molar-refractivity contribution >= 4 is 10.8 Å². The molecule has 0 bridgehead atoms. The molecule has 1 saturated heterocycles. The molecule has 0 saturated carbocycles. The number of nitrogens with one attached hydrogen (secondary N) is 2. The molecule has 0 aliphatic carbocycles. The third-order valence-corrected chi connectivity index (χ3v) is 5.13. The molecule has 2 heterocycles. The van der Waals surface area contributed by atoms with Crippen molar-refractivity contribution in [3.63, 3.8) is 0 Å². The van der Waals surface area contributed by atoms with Crippen molar-refractivity contribution in [3.8, 4) is 11.3 Å². The normalized spacial score (nSPS) is 22.8. The van der Waals surface area contributed by atoms with Gasteiger partial charge in [-0.25, -0.2) is 0 Å². The summed E-state index contributed by atoms with van der Waals surface area (Å²) >= 11 is 0. The van der Waals surface area contributed by atoms with Crippen LogP contribution < -0.4 is 5.32 Å². The van der Waals surface area contributed by atoms with E-state index in [1.807, 2.05) is 24.4 Å². The molecule has 0 spiro atoms. The summed E-state index contributed by atoms with van der Waals surface area (Å²) in [4.78, 5) is 0. The van der Waals surface area contributed by atoms with Crippen molar-refractivity contribution in [3.05, 3.63) is 42.1 Å². The Balaban J connectivity index is 1.64. The van der Waals surface area contributed by atoms with Crippen molar-refractivity contribution in [2.24, 2.45) is 0 Å². The van der Waals surface area contributed by atoms with E-state index < -0.39 is 10.8 Å². The third-order valence-electron chi connectivity index (χ3n) is 3.75. The maximum atomic E-state index is 11.3. The highest BCUT2D eigenvalue weighted by Gasteiger charge is 2.18. The third kappa shape index (κ3) is 3.16. The lowest BCUT2D eigenvalue weighted by Gasteiger charge is -2.22. The lowest BCUT2D eigenvalue weighted by Crippen LogP contribution is -2.35. The number of hydrogen-bond acceptors (Lipinski definition) is 3. The highest BCUT2D eigenvalue weighted by Crippen LogP contribution is 2.21. The number of H-pyrrole nitrogens is 1. The summed E-state index contributed by atoms with van der Waals surface area (Å²) in [5, 5.41) is 10.8. The van der Waals surface area contributed by atoms with Gasteiger partial charge in [0, 0.05) is 40.5 Å². The number of rotatable bonds is 4. The van der Waals surface area contributed by atoms with Gasteiger partial charge in [0.05, 0.1) is 11.9 Å². The lowest BCUT2D eigenvalue weighted by atomic mass is 10.1. The summed E-state index contributed by atoms with van der Waals surface area (Å²) in [6.45, 7) is 0.804. The molecule has 20 heavy (non-hydrogen) atoms. The Labute approximate surface area is 121 Å². The van der Waals surface area contributed by atoms with E-state index in [0.717, 1.165) is 42.1 Å². The van der Waals surface area contributed by atoms with Crippen molar-refractivity contribution in [2.75, 3.05) is 11.5 Å². The lowest BCUT2D eigenvalue weighted by molar-refractivity contribution is 0.475.